The van der Waals surface area contributed by atoms with Crippen LogP contribution >= 0.6 is 16.8 Å². The molecule has 0 bridgehead atoms. The standard InChI is InChI=1S/C51H61NO10P2/c1-48(2,3)38-25-29(54-13)21-34(43(38)58-63-52-42-20-18-17-19-33(42)47(53)62-63)35-22-30(55-14)26-39(49(4,5)6)44(35)59-64-60-45-36(23-31(56-15)27-40(45)50(7,8)9)37-24-32(57-16)28-41(46(37)61-64)51(10,11)12/h17-28,52H,1-16H3. The van der Waals surface area contributed by atoms with Crippen molar-refractivity contribution < 1.29 is 45.7 Å². The summed E-state index contributed by atoms with van der Waals surface area (Å²) in [5.74, 6) is 3.05. The van der Waals surface area contributed by atoms with E-state index in [9.17, 15) is 4.79 Å². The van der Waals surface area contributed by atoms with Gasteiger partial charge in [-0.1, -0.05) is 95.2 Å². The van der Waals surface area contributed by atoms with E-state index in [4.69, 9.17) is 40.9 Å². The Morgan fingerprint density at radius 3 is 1.30 bits per heavy atom. The topological polar surface area (TPSA) is 120 Å². The first-order chi connectivity index (χ1) is 29.9. The number of benzene rings is 5. The minimum absolute atomic E-state index is 0.382. The summed E-state index contributed by atoms with van der Waals surface area (Å²) in [5.41, 5.74) is 5.28. The van der Waals surface area contributed by atoms with Gasteiger partial charge < -0.3 is 40.9 Å². The van der Waals surface area contributed by atoms with E-state index in [-0.39, 0.29) is 10.8 Å². The first-order valence-electron chi connectivity index (χ1n) is 21.3. The number of nitrogens with one attached hydrogen (secondary N) is 1. The molecule has 1 atom stereocenters. The first-order valence-corrected chi connectivity index (χ1v) is 23.5. The molecule has 2 heterocycles. The van der Waals surface area contributed by atoms with Gasteiger partial charge in [-0.15, -0.1) is 0 Å². The molecule has 1 N–H and O–H groups in total. The fraction of sp³-hybridized carbons (Fsp3) is 0.392. The van der Waals surface area contributed by atoms with E-state index in [0.717, 1.165) is 33.0 Å². The summed E-state index contributed by atoms with van der Waals surface area (Å²) >= 11 is 0. The van der Waals surface area contributed by atoms with E-state index in [1.54, 1.807) is 40.6 Å². The van der Waals surface area contributed by atoms with Gasteiger partial charge in [0.15, 0.2) is 0 Å². The van der Waals surface area contributed by atoms with Crippen molar-refractivity contribution in [3.8, 4) is 45.6 Å². The highest BCUT2D eigenvalue weighted by molar-refractivity contribution is 7.50. The Morgan fingerprint density at radius 1 is 0.484 bits per heavy atom. The van der Waals surface area contributed by atoms with Crippen LogP contribution in [0.25, 0.3) is 33.1 Å². The fourth-order valence-corrected chi connectivity index (χ4v) is 9.99. The number of methoxy groups -OCH3 is 4. The van der Waals surface area contributed by atoms with Crippen LogP contribution in [-0.4, -0.2) is 34.4 Å². The van der Waals surface area contributed by atoms with Crippen molar-refractivity contribution in [1.29, 1.82) is 0 Å². The van der Waals surface area contributed by atoms with E-state index >= 15 is 0 Å². The van der Waals surface area contributed by atoms with Gasteiger partial charge in [0.2, 0.25) is 0 Å². The van der Waals surface area contributed by atoms with Crippen LogP contribution in [-0.2, 0) is 26.2 Å². The molecular formula is C51H61NO10P2. The quantitative estimate of drug-likeness (QED) is 0.140. The molecule has 0 spiro atoms. The highest BCUT2D eigenvalue weighted by Crippen LogP contribution is 2.56. The van der Waals surface area contributed by atoms with Crippen molar-refractivity contribution in [3.63, 3.8) is 0 Å². The Bertz CT molecular complexity index is 2720. The lowest BCUT2D eigenvalue weighted by molar-refractivity contribution is 0.0738. The Kier molecular flexibility index (Phi) is 12.4. The van der Waals surface area contributed by atoms with Crippen molar-refractivity contribution in [3.05, 3.63) is 101 Å². The molecule has 1 aromatic heterocycles. The van der Waals surface area contributed by atoms with Crippen LogP contribution in [0.1, 0.15) is 116 Å². The molecule has 1 aliphatic rings. The molecule has 7 rings (SSSR count). The lowest BCUT2D eigenvalue weighted by Gasteiger charge is -2.31. The van der Waals surface area contributed by atoms with Gasteiger partial charge in [-0.25, -0.2) is 4.79 Å². The second-order valence-electron chi connectivity index (χ2n) is 20.1. The Labute approximate surface area is 379 Å². The number of carbonyl (C=O) groups excluding carboxylic acids is 1. The van der Waals surface area contributed by atoms with Crippen LogP contribution in [0.15, 0.2) is 81.2 Å². The van der Waals surface area contributed by atoms with Gasteiger partial charge >= 0.3 is 22.7 Å². The summed E-state index contributed by atoms with van der Waals surface area (Å²) in [4.78, 5) is 13.4. The molecule has 1 aliphatic heterocycles. The Hall–Kier alpha value is -5.50. The fourth-order valence-electron chi connectivity index (χ4n) is 7.71. The number of ether oxygens (including phenoxy) is 4. The summed E-state index contributed by atoms with van der Waals surface area (Å²) in [7, 11) is 2.35. The predicted octanol–water partition coefficient (Wildman–Crippen LogP) is 14.9. The first kappa shape index (κ1) is 46.5. The van der Waals surface area contributed by atoms with Crippen LogP contribution in [0.4, 0.5) is 5.69 Å². The zero-order chi connectivity index (χ0) is 46.7. The molecule has 0 amide bonds. The van der Waals surface area contributed by atoms with Crippen LogP contribution in [0.5, 0.6) is 34.5 Å². The van der Waals surface area contributed by atoms with Gasteiger partial charge in [-0.3, -0.25) is 5.09 Å². The molecule has 13 heteroatoms. The molecule has 6 aromatic rings. The number of rotatable bonds is 9. The molecule has 11 nitrogen and oxygen atoms in total. The maximum absolute atomic E-state index is 13.4. The summed E-state index contributed by atoms with van der Waals surface area (Å²) in [5, 5.41) is 4.92. The van der Waals surface area contributed by atoms with Crippen molar-refractivity contribution in [2.45, 2.75) is 105 Å². The van der Waals surface area contributed by atoms with Gasteiger partial charge in [-0.2, -0.15) is 0 Å². The third-order valence-corrected chi connectivity index (χ3v) is 13.3. The Balaban J connectivity index is 1.59. The highest BCUT2D eigenvalue weighted by Gasteiger charge is 2.35. The van der Waals surface area contributed by atoms with E-state index in [0.29, 0.717) is 68.0 Å². The summed E-state index contributed by atoms with van der Waals surface area (Å²) < 4.78 is 58.4. The van der Waals surface area contributed by atoms with Crippen LogP contribution in [0.3, 0.4) is 0 Å². The van der Waals surface area contributed by atoms with Gasteiger partial charge in [0.05, 0.1) is 39.7 Å². The summed E-state index contributed by atoms with van der Waals surface area (Å²) in [6.07, 6.45) is 0. The second kappa shape index (κ2) is 17.1. The van der Waals surface area contributed by atoms with Crippen LogP contribution in [0.2, 0.25) is 0 Å². The maximum Gasteiger partial charge on any atom is 0.453 e. The molecule has 0 aliphatic carbocycles. The van der Waals surface area contributed by atoms with Crippen LogP contribution in [0, 0.1) is 0 Å². The molecule has 64 heavy (non-hydrogen) atoms. The second-order valence-corrected chi connectivity index (χ2v) is 22.2. The zero-order valence-electron chi connectivity index (χ0n) is 39.9. The van der Waals surface area contributed by atoms with Gasteiger partial charge in [-0.05, 0) is 82.3 Å². The normalized spacial score (nSPS) is 14.4. The smallest absolute Gasteiger partial charge is 0.453 e. The minimum atomic E-state index is -2.26. The number of carbonyl (C=O) groups is 1. The van der Waals surface area contributed by atoms with Crippen molar-refractivity contribution in [1.82, 2.24) is 0 Å². The van der Waals surface area contributed by atoms with Gasteiger partial charge in [0, 0.05) is 44.2 Å². The largest absolute Gasteiger partial charge is 0.497 e. The third-order valence-electron chi connectivity index (χ3n) is 11.2. The summed E-state index contributed by atoms with van der Waals surface area (Å²) in [6.45, 7) is 25.5. The van der Waals surface area contributed by atoms with E-state index in [2.05, 4.69) is 88.2 Å². The van der Waals surface area contributed by atoms with E-state index in [1.165, 1.54) is 0 Å². The molecule has 340 valence electrons. The lowest BCUT2D eigenvalue weighted by atomic mass is 9.81. The maximum atomic E-state index is 13.4. The van der Waals surface area contributed by atoms with Crippen molar-refractivity contribution >= 4 is 50.4 Å². The monoisotopic (exact) mass is 909 g/mol. The molecule has 0 radical (unpaired) electrons. The third kappa shape index (κ3) is 9.21. The predicted molar refractivity (Wildman–Crippen MR) is 258 cm³/mol. The number of hydrogen-bond donors (Lipinski definition) is 1. The number of hydrogen-bond acceptors (Lipinski definition) is 11. The molecule has 0 saturated heterocycles. The lowest BCUT2D eigenvalue weighted by Crippen LogP contribution is -2.19. The van der Waals surface area contributed by atoms with E-state index in [1.807, 2.05) is 60.7 Å². The molecule has 5 aromatic carbocycles. The average molecular weight is 910 g/mol. The number of fused-ring (bicyclic) bond motifs is 4. The van der Waals surface area contributed by atoms with Crippen molar-refractivity contribution in [2.24, 2.45) is 0 Å². The van der Waals surface area contributed by atoms with Crippen LogP contribution < -0.4 is 33.1 Å². The highest BCUT2D eigenvalue weighted by atomic mass is 31.2. The number of anilines is 1. The Morgan fingerprint density at radius 2 is 0.875 bits per heavy atom. The SMILES string of the molecule is COc1cc(-c2cc(OC)cc(C(C)(C)C)c2Op2oc3c(C(C)(C)C)cc(OC)cc3c3cc(OC)cc(C(C)(C)C)c3o2)c(OP2Nc3ccccc3C(=O)O2)c(C(C)(C)C)c1. The summed E-state index contributed by atoms with van der Waals surface area (Å²) in [6, 6.07) is 23.0. The molecule has 0 saturated carbocycles. The average Bonchev–Trinajstić information content (AvgIpc) is 3.37. The van der Waals surface area contributed by atoms with Crippen molar-refractivity contribution in [2.75, 3.05) is 33.5 Å². The zero-order valence-corrected chi connectivity index (χ0v) is 41.7. The van der Waals surface area contributed by atoms with Gasteiger partial charge in [0.25, 0.3) is 0 Å². The van der Waals surface area contributed by atoms with Gasteiger partial charge in [0.1, 0.15) is 45.7 Å². The molecule has 1 unspecified atom stereocenters. The molecule has 0 fully saturated rings. The minimum Gasteiger partial charge on any atom is -0.497 e. The molecular weight excluding hydrogens is 849 g/mol. The number of para-hydroxylation sites is 1. The van der Waals surface area contributed by atoms with E-state index < -0.39 is 33.6 Å².